The number of benzene rings is 2. The van der Waals surface area contributed by atoms with E-state index >= 15 is 0 Å². The number of hydrogen-bond donors (Lipinski definition) is 2. The average Bonchev–Trinajstić information content (AvgIpc) is 3.08. The summed E-state index contributed by atoms with van der Waals surface area (Å²) in [4.78, 5) is 11.0. The zero-order valence-corrected chi connectivity index (χ0v) is 17.4. The first-order valence-corrected chi connectivity index (χ1v) is 10.9. The maximum atomic E-state index is 12.9. The van der Waals surface area contributed by atoms with Gasteiger partial charge in [-0.25, -0.2) is 8.42 Å². The van der Waals surface area contributed by atoms with Crippen molar-refractivity contribution in [1.29, 1.82) is 0 Å². The lowest BCUT2D eigenvalue weighted by Crippen LogP contribution is -2.15. The number of halogens is 1. The molecule has 1 heterocycles. The Morgan fingerprint density at radius 3 is 2.59 bits per heavy atom. The van der Waals surface area contributed by atoms with Crippen molar-refractivity contribution < 1.29 is 13.3 Å². The molecule has 1 aromatic heterocycles. The van der Waals surface area contributed by atoms with Crippen LogP contribution < -0.4 is 10.1 Å². The first-order chi connectivity index (χ1) is 13.8. The van der Waals surface area contributed by atoms with Gasteiger partial charge in [-0.3, -0.25) is 20.3 Å². The molecule has 2 N–H and O–H groups in total. The molecule has 0 spiro atoms. The molecule has 0 saturated carbocycles. The quantitative estimate of drug-likeness (QED) is 0.303. The smallest absolute Gasteiger partial charge is 0.270 e. The molecule has 0 aliphatic rings. The second-order valence-electron chi connectivity index (χ2n) is 5.86. The van der Waals surface area contributed by atoms with Crippen molar-refractivity contribution in [3.63, 3.8) is 0 Å². The Morgan fingerprint density at radius 2 is 1.93 bits per heavy atom. The number of rotatable bonds is 7. The molecular weight excluding hydrogens is 436 g/mol. The van der Waals surface area contributed by atoms with Crippen LogP contribution in [-0.4, -0.2) is 19.6 Å². The normalized spacial score (nSPS) is 11.5. The van der Waals surface area contributed by atoms with Crippen LogP contribution >= 0.6 is 22.9 Å². The lowest BCUT2D eigenvalue weighted by atomic mass is 10.3. The van der Waals surface area contributed by atoms with Crippen LogP contribution in [0.4, 0.5) is 17.1 Å². The van der Waals surface area contributed by atoms with Gasteiger partial charge in [-0.2, -0.15) is 5.10 Å². The van der Waals surface area contributed by atoms with Gasteiger partial charge < -0.3 is 0 Å². The molecule has 0 fully saturated rings. The van der Waals surface area contributed by atoms with Crippen LogP contribution in [0.15, 0.2) is 63.9 Å². The van der Waals surface area contributed by atoms with E-state index < -0.39 is 14.9 Å². The van der Waals surface area contributed by atoms with E-state index in [-0.39, 0.29) is 27.0 Å². The molecule has 0 atom stereocenters. The monoisotopic (exact) mass is 450 g/mol. The Morgan fingerprint density at radius 1 is 1.17 bits per heavy atom. The van der Waals surface area contributed by atoms with Gasteiger partial charge in [0.2, 0.25) is 0 Å². The number of nitro benzene ring substituents is 1. The number of hydrogen-bond acceptors (Lipinski definition) is 7. The van der Waals surface area contributed by atoms with E-state index in [2.05, 4.69) is 15.2 Å². The van der Waals surface area contributed by atoms with Gasteiger partial charge in [0.05, 0.1) is 27.5 Å². The first kappa shape index (κ1) is 20.8. The minimum atomic E-state index is -4.19. The molecule has 150 valence electrons. The summed E-state index contributed by atoms with van der Waals surface area (Å²) in [6.45, 7) is 1.92. The number of hydrazone groups is 1. The van der Waals surface area contributed by atoms with Gasteiger partial charge in [0.15, 0.2) is 0 Å². The predicted molar refractivity (Wildman–Crippen MR) is 116 cm³/mol. The third-order valence-electron chi connectivity index (χ3n) is 3.85. The number of anilines is 2. The molecule has 2 aromatic carbocycles. The minimum Gasteiger partial charge on any atom is -0.278 e. The molecule has 3 aromatic rings. The van der Waals surface area contributed by atoms with E-state index in [1.54, 1.807) is 18.3 Å². The van der Waals surface area contributed by atoms with Crippen molar-refractivity contribution in [2.45, 2.75) is 11.8 Å². The molecule has 0 amide bonds. The van der Waals surface area contributed by atoms with Crippen LogP contribution in [0.3, 0.4) is 0 Å². The molecular formula is C18H15ClN4O4S2. The molecule has 29 heavy (non-hydrogen) atoms. The number of non-ortho nitro benzene ring substituents is 1. The fraction of sp³-hybridized carbons (Fsp3) is 0.0556. The summed E-state index contributed by atoms with van der Waals surface area (Å²) in [5, 5.41) is 17.3. The highest BCUT2D eigenvalue weighted by Crippen LogP contribution is 2.30. The van der Waals surface area contributed by atoms with E-state index in [9.17, 15) is 18.5 Å². The van der Waals surface area contributed by atoms with Crippen LogP contribution in [-0.2, 0) is 10.0 Å². The summed E-state index contributed by atoms with van der Waals surface area (Å²) < 4.78 is 28.2. The van der Waals surface area contributed by atoms with Crippen molar-refractivity contribution in [3.8, 4) is 0 Å². The number of nitrogens with zero attached hydrogens (tertiary/aromatic N) is 2. The van der Waals surface area contributed by atoms with E-state index in [1.165, 1.54) is 35.6 Å². The zero-order chi connectivity index (χ0) is 21.0. The summed E-state index contributed by atoms with van der Waals surface area (Å²) in [5.41, 5.74) is 3.55. The standard InChI is InChI=1S/C18H15ClN4O4S2/c1-12-8-9-28-17(12)11-20-21-16-7-6-13(23(24)25)10-18(16)29(26,27)22-15-5-3-2-4-14(15)19/h2-11,21-22H,1H3. The van der Waals surface area contributed by atoms with E-state index in [4.69, 9.17) is 11.6 Å². The maximum absolute atomic E-state index is 12.9. The molecule has 3 rings (SSSR count). The Kier molecular flexibility index (Phi) is 6.16. The van der Waals surface area contributed by atoms with Crippen LogP contribution in [0.1, 0.15) is 10.4 Å². The summed E-state index contributed by atoms with van der Waals surface area (Å²) in [6, 6.07) is 11.7. The van der Waals surface area contributed by atoms with Crippen LogP contribution in [0.25, 0.3) is 0 Å². The van der Waals surface area contributed by atoms with Gasteiger partial charge in [0.25, 0.3) is 15.7 Å². The topological polar surface area (TPSA) is 114 Å². The molecule has 0 saturated heterocycles. The second-order valence-corrected chi connectivity index (χ2v) is 8.87. The number of nitro groups is 1. The highest BCUT2D eigenvalue weighted by atomic mass is 35.5. The molecule has 0 aliphatic heterocycles. The third-order valence-corrected chi connectivity index (χ3v) is 6.54. The van der Waals surface area contributed by atoms with Crippen molar-refractivity contribution in [1.82, 2.24) is 0 Å². The van der Waals surface area contributed by atoms with Crippen LogP contribution in [0.2, 0.25) is 5.02 Å². The SMILES string of the molecule is Cc1ccsc1C=NNc1ccc([N+](=O)[O-])cc1S(=O)(=O)Nc1ccccc1Cl. The Labute approximate surface area is 176 Å². The summed E-state index contributed by atoms with van der Waals surface area (Å²) in [6.07, 6.45) is 1.55. The molecule has 0 unspecified atom stereocenters. The van der Waals surface area contributed by atoms with Gasteiger partial charge in [-0.15, -0.1) is 11.3 Å². The van der Waals surface area contributed by atoms with Crippen molar-refractivity contribution in [2.75, 3.05) is 10.1 Å². The van der Waals surface area contributed by atoms with E-state index in [0.29, 0.717) is 0 Å². The van der Waals surface area contributed by atoms with Gasteiger partial charge in [0, 0.05) is 17.0 Å². The second kappa shape index (κ2) is 8.60. The van der Waals surface area contributed by atoms with Crippen molar-refractivity contribution in [3.05, 3.63) is 79.5 Å². The van der Waals surface area contributed by atoms with Gasteiger partial charge in [-0.05, 0) is 42.1 Å². The maximum Gasteiger partial charge on any atom is 0.270 e. The van der Waals surface area contributed by atoms with Crippen molar-refractivity contribution >= 4 is 56.2 Å². The van der Waals surface area contributed by atoms with Crippen LogP contribution in [0, 0.1) is 17.0 Å². The van der Waals surface area contributed by atoms with Crippen LogP contribution in [0.5, 0.6) is 0 Å². The lowest BCUT2D eigenvalue weighted by Gasteiger charge is -2.12. The minimum absolute atomic E-state index is 0.0839. The largest absolute Gasteiger partial charge is 0.278 e. The fourth-order valence-corrected chi connectivity index (χ4v) is 4.64. The third kappa shape index (κ3) is 4.91. The number of thiophene rings is 1. The van der Waals surface area contributed by atoms with Gasteiger partial charge in [-0.1, -0.05) is 23.7 Å². The molecule has 0 radical (unpaired) electrons. The predicted octanol–water partition coefficient (Wildman–Crippen LogP) is 4.86. The Bertz CT molecular complexity index is 1190. The average molecular weight is 451 g/mol. The number of aryl methyl sites for hydroxylation is 1. The highest BCUT2D eigenvalue weighted by Gasteiger charge is 2.23. The number of para-hydroxylation sites is 1. The number of nitrogens with one attached hydrogen (secondary N) is 2. The number of sulfonamides is 1. The van der Waals surface area contributed by atoms with Crippen molar-refractivity contribution in [2.24, 2.45) is 5.10 Å². The van der Waals surface area contributed by atoms with E-state index in [1.807, 2.05) is 18.4 Å². The summed E-state index contributed by atoms with van der Waals surface area (Å²) >= 11 is 7.50. The van der Waals surface area contributed by atoms with Gasteiger partial charge >= 0.3 is 0 Å². The lowest BCUT2D eigenvalue weighted by molar-refractivity contribution is -0.385. The Balaban J connectivity index is 1.97. The molecule has 8 nitrogen and oxygen atoms in total. The summed E-state index contributed by atoms with van der Waals surface area (Å²) in [7, 11) is -4.19. The fourth-order valence-electron chi connectivity index (χ4n) is 2.36. The van der Waals surface area contributed by atoms with E-state index in [0.717, 1.165) is 16.5 Å². The first-order valence-electron chi connectivity index (χ1n) is 8.17. The van der Waals surface area contributed by atoms with Gasteiger partial charge in [0.1, 0.15) is 4.90 Å². The highest BCUT2D eigenvalue weighted by molar-refractivity contribution is 7.93. The summed E-state index contributed by atoms with van der Waals surface area (Å²) in [5.74, 6) is 0. The molecule has 11 heteroatoms. The molecule has 0 bridgehead atoms. The molecule has 0 aliphatic carbocycles. The zero-order valence-electron chi connectivity index (χ0n) is 15.0. The Hall–Kier alpha value is -2.95.